The number of aromatic amines is 1. The van der Waals surface area contributed by atoms with Crippen LogP contribution in [-0.4, -0.2) is 144 Å². The smallest absolute Gasteiger partial charge is 0.326 e. The molecule has 1 unspecified atom stereocenters. The van der Waals surface area contributed by atoms with Crippen molar-refractivity contribution in [1.29, 1.82) is 0 Å². The molecule has 1 fully saturated rings. The standard InChI is InChI=1S/C44H66N10O12/c1-7-25(4)35(53-36(58)28(15-12-18-55)48-39(61)34(24(2)3)52-37(59)29(21-33(56)57)51-43(66)44(5,6)45)40(62)49-30(20-27-22-46-23-47-27)41(63)54-17-11-16-32(54)38(60)50-31(42(64)65)19-26-13-9-8-10-14-26/h8-10,13-14,22-25,28-32,34-35,55H,7,11-12,15-21,45H2,1-6H3,(H,46,47)(H,48,61)(H,49,62)(H,50,60)(H,51,66)(H,52,59)(H,53,58)(H,56,57)(H,64,65)/t25?,28-,29-,30-,31-,32-,34-,35-/m0/s1. The van der Waals surface area contributed by atoms with Crippen LogP contribution >= 0.6 is 0 Å². The van der Waals surface area contributed by atoms with Crippen LogP contribution < -0.4 is 37.6 Å². The Balaban J connectivity index is 1.84. The summed E-state index contributed by atoms with van der Waals surface area (Å²) in [7, 11) is 0. The molecule has 1 aliphatic heterocycles. The Morgan fingerprint density at radius 3 is 2.00 bits per heavy atom. The van der Waals surface area contributed by atoms with Crippen molar-refractivity contribution < 1.29 is 58.5 Å². The third kappa shape index (κ3) is 16.2. The van der Waals surface area contributed by atoms with Gasteiger partial charge in [0, 0.05) is 37.9 Å². The van der Waals surface area contributed by atoms with E-state index in [1.165, 1.54) is 31.3 Å². The minimum atomic E-state index is -1.61. The Labute approximate surface area is 383 Å². The van der Waals surface area contributed by atoms with E-state index in [2.05, 4.69) is 41.9 Å². The molecular formula is C44H66N10O12. The van der Waals surface area contributed by atoms with Crippen LogP contribution in [0, 0.1) is 11.8 Å². The summed E-state index contributed by atoms with van der Waals surface area (Å²) in [5.74, 6) is -9.41. The molecule has 1 aliphatic rings. The maximum absolute atomic E-state index is 14.4. The zero-order valence-corrected chi connectivity index (χ0v) is 38.3. The number of benzene rings is 1. The normalized spacial score (nSPS) is 16.9. The van der Waals surface area contributed by atoms with Gasteiger partial charge < -0.3 is 62.8 Å². The number of likely N-dealkylation sites (tertiary alicyclic amines) is 1. The molecule has 0 spiro atoms. The monoisotopic (exact) mass is 926 g/mol. The topological polar surface area (TPSA) is 344 Å². The number of amides is 7. The van der Waals surface area contributed by atoms with Crippen molar-refractivity contribution in [3.63, 3.8) is 0 Å². The number of aliphatic hydroxyl groups is 1. The maximum atomic E-state index is 14.4. The molecule has 22 nitrogen and oxygen atoms in total. The number of nitrogens with one attached hydrogen (secondary N) is 7. The van der Waals surface area contributed by atoms with E-state index in [4.69, 9.17) is 5.73 Å². The minimum Gasteiger partial charge on any atom is -0.481 e. The molecule has 0 bridgehead atoms. The van der Waals surface area contributed by atoms with Gasteiger partial charge in [-0.25, -0.2) is 9.78 Å². The number of carboxylic acid groups (broad SMARTS) is 2. The average Bonchev–Trinajstić information content (AvgIpc) is 3.97. The SMILES string of the molecule is CCC(C)[C@H](NC(=O)[C@H](CCCO)NC(=O)[C@@H](NC(=O)[C@H](CC(=O)O)NC(=O)C(C)(C)N)C(C)C)C(=O)N[C@@H](Cc1cnc[nH]1)C(=O)N1CCC[C@H]1C(=O)N[C@@H](Cc1ccccc1)C(=O)O. The van der Waals surface area contributed by atoms with Crippen LogP contribution in [-0.2, 0) is 56.0 Å². The third-order valence-electron chi connectivity index (χ3n) is 11.2. The van der Waals surface area contributed by atoms with E-state index in [1.54, 1.807) is 58.0 Å². The van der Waals surface area contributed by atoms with Crippen molar-refractivity contribution in [3.05, 3.63) is 54.1 Å². The molecule has 2 aromatic rings. The molecular weight excluding hydrogens is 861 g/mol. The third-order valence-corrected chi connectivity index (χ3v) is 11.2. The lowest BCUT2D eigenvalue weighted by atomic mass is 9.96. The highest BCUT2D eigenvalue weighted by molar-refractivity contribution is 5.98. The molecule has 364 valence electrons. The number of carbonyl (C=O) groups is 9. The van der Waals surface area contributed by atoms with E-state index >= 15 is 0 Å². The second-order valence-corrected chi connectivity index (χ2v) is 17.5. The summed E-state index contributed by atoms with van der Waals surface area (Å²) in [5, 5.41) is 44.4. The molecule has 0 saturated carbocycles. The molecule has 3 rings (SSSR count). The molecule has 1 aromatic carbocycles. The first-order valence-electron chi connectivity index (χ1n) is 22.1. The van der Waals surface area contributed by atoms with Crippen molar-refractivity contribution in [2.24, 2.45) is 17.6 Å². The number of aliphatic hydroxyl groups excluding tert-OH is 1. The number of carboxylic acids is 2. The van der Waals surface area contributed by atoms with Crippen LogP contribution in [0.4, 0.5) is 0 Å². The van der Waals surface area contributed by atoms with E-state index in [1.807, 2.05) is 0 Å². The van der Waals surface area contributed by atoms with Crippen molar-refractivity contribution in [2.75, 3.05) is 13.2 Å². The predicted molar refractivity (Wildman–Crippen MR) is 238 cm³/mol. The van der Waals surface area contributed by atoms with Gasteiger partial charge in [-0.05, 0) is 56.9 Å². The first-order chi connectivity index (χ1) is 31.1. The molecule has 22 heteroatoms. The second-order valence-electron chi connectivity index (χ2n) is 17.5. The lowest BCUT2D eigenvalue weighted by Crippen LogP contribution is -2.62. The molecule has 1 saturated heterocycles. The second kappa shape index (κ2) is 25.3. The molecule has 66 heavy (non-hydrogen) atoms. The van der Waals surface area contributed by atoms with Crippen molar-refractivity contribution in [3.8, 4) is 0 Å². The number of hydrogen-bond acceptors (Lipinski definition) is 12. The van der Waals surface area contributed by atoms with Crippen LogP contribution in [0.5, 0.6) is 0 Å². The number of aliphatic carboxylic acids is 2. The highest BCUT2D eigenvalue weighted by Gasteiger charge is 2.41. The maximum Gasteiger partial charge on any atom is 0.326 e. The van der Waals surface area contributed by atoms with Gasteiger partial charge in [0.2, 0.25) is 41.4 Å². The largest absolute Gasteiger partial charge is 0.481 e. The molecule has 1 aromatic heterocycles. The summed E-state index contributed by atoms with van der Waals surface area (Å²) in [6.45, 7) is 9.11. The van der Waals surface area contributed by atoms with E-state index in [9.17, 15) is 58.5 Å². The minimum absolute atomic E-state index is 0.00741. The number of aromatic nitrogens is 2. The highest BCUT2D eigenvalue weighted by atomic mass is 16.4. The van der Waals surface area contributed by atoms with E-state index in [0.29, 0.717) is 24.1 Å². The van der Waals surface area contributed by atoms with Gasteiger partial charge in [-0.1, -0.05) is 64.4 Å². The Morgan fingerprint density at radius 1 is 0.818 bits per heavy atom. The van der Waals surface area contributed by atoms with Crippen LogP contribution in [0.1, 0.15) is 91.3 Å². The fourth-order valence-electron chi connectivity index (χ4n) is 7.20. The van der Waals surface area contributed by atoms with Gasteiger partial charge in [0.05, 0.1) is 18.3 Å². The van der Waals surface area contributed by atoms with Gasteiger partial charge in [0.15, 0.2) is 0 Å². The summed E-state index contributed by atoms with van der Waals surface area (Å²) >= 11 is 0. The van der Waals surface area contributed by atoms with Gasteiger partial charge in [0.25, 0.3) is 0 Å². The van der Waals surface area contributed by atoms with Gasteiger partial charge in [-0.15, -0.1) is 0 Å². The Kier molecular flexibility index (Phi) is 20.7. The summed E-state index contributed by atoms with van der Waals surface area (Å²) in [4.78, 5) is 128. The van der Waals surface area contributed by atoms with Gasteiger partial charge in [0.1, 0.15) is 42.3 Å². The number of nitrogens with two attached hydrogens (primary N) is 1. The number of hydrogen-bond donors (Lipinski definition) is 11. The van der Waals surface area contributed by atoms with E-state index in [0.717, 1.165) is 0 Å². The number of carbonyl (C=O) groups excluding carboxylic acids is 7. The van der Waals surface area contributed by atoms with Crippen LogP contribution in [0.15, 0.2) is 42.9 Å². The summed E-state index contributed by atoms with van der Waals surface area (Å²) < 4.78 is 0. The fourth-order valence-corrected chi connectivity index (χ4v) is 7.20. The fraction of sp³-hybridized carbons (Fsp3) is 0.591. The Hall–Kier alpha value is -6.42. The van der Waals surface area contributed by atoms with Crippen molar-refractivity contribution in [2.45, 2.75) is 141 Å². The van der Waals surface area contributed by atoms with E-state index < -0.39 is 119 Å². The van der Waals surface area contributed by atoms with Crippen LogP contribution in [0.3, 0.4) is 0 Å². The molecule has 2 heterocycles. The predicted octanol–water partition coefficient (Wildman–Crippen LogP) is -1.13. The zero-order valence-electron chi connectivity index (χ0n) is 38.3. The summed E-state index contributed by atoms with van der Waals surface area (Å²) in [6.07, 6.45) is 2.87. The summed E-state index contributed by atoms with van der Waals surface area (Å²) in [5.41, 5.74) is 5.50. The molecule has 0 radical (unpaired) electrons. The van der Waals surface area contributed by atoms with Crippen molar-refractivity contribution >= 4 is 53.3 Å². The number of H-pyrrole nitrogens is 1. The molecule has 8 atom stereocenters. The van der Waals surface area contributed by atoms with Gasteiger partial charge in [-0.3, -0.25) is 38.4 Å². The van der Waals surface area contributed by atoms with Crippen molar-refractivity contribution in [1.82, 2.24) is 46.8 Å². The Bertz CT molecular complexity index is 1990. The highest BCUT2D eigenvalue weighted by Crippen LogP contribution is 2.21. The average molecular weight is 927 g/mol. The molecule has 12 N–H and O–H groups in total. The number of imidazole rings is 1. The quantitative estimate of drug-likeness (QED) is 0.0532. The number of rotatable bonds is 26. The van der Waals surface area contributed by atoms with Gasteiger partial charge >= 0.3 is 11.9 Å². The zero-order chi connectivity index (χ0) is 49.3. The van der Waals surface area contributed by atoms with Gasteiger partial charge in [-0.2, -0.15) is 0 Å². The first kappa shape index (κ1) is 53.9. The van der Waals surface area contributed by atoms with Crippen LogP contribution in [0.2, 0.25) is 0 Å². The first-order valence-corrected chi connectivity index (χ1v) is 22.1. The molecule has 7 amide bonds. The van der Waals surface area contributed by atoms with E-state index in [-0.39, 0.29) is 45.3 Å². The lowest BCUT2D eigenvalue weighted by Gasteiger charge is -2.32. The Morgan fingerprint density at radius 2 is 1.44 bits per heavy atom. The molecule has 0 aliphatic carbocycles. The summed E-state index contributed by atoms with van der Waals surface area (Å²) in [6, 6.07) is -0.473. The lowest BCUT2D eigenvalue weighted by molar-refractivity contribution is -0.145. The number of nitrogens with zero attached hydrogens (tertiary/aromatic N) is 2. The van der Waals surface area contributed by atoms with Crippen LogP contribution in [0.25, 0.3) is 0 Å².